The third kappa shape index (κ3) is 3.05. The number of hydrogen-bond acceptors (Lipinski definition) is 6. The predicted molar refractivity (Wildman–Crippen MR) is 69.5 cm³/mol. The molecule has 0 bridgehead atoms. The summed E-state index contributed by atoms with van der Waals surface area (Å²) >= 11 is 1.41. The van der Waals surface area contributed by atoms with Crippen molar-refractivity contribution in [1.82, 2.24) is 4.98 Å². The molecule has 1 aromatic carbocycles. The molecule has 0 aliphatic heterocycles. The quantitative estimate of drug-likeness (QED) is 0.643. The van der Waals surface area contributed by atoms with Gasteiger partial charge < -0.3 is 10.4 Å². The minimum atomic E-state index is -1.14. The number of thiazole rings is 1. The van der Waals surface area contributed by atoms with Crippen LogP contribution in [0.4, 0.5) is 11.4 Å². The second kappa shape index (κ2) is 5.44. The van der Waals surface area contributed by atoms with Gasteiger partial charge in [0.05, 0.1) is 22.7 Å². The van der Waals surface area contributed by atoms with Crippen LogP contribution < -0.4 is 5.32 Å². The molecule has 0 aliphatic carbocycles. The summed E-state index contributed by atoms with van der Waals surface area (Å²) in [6, 6.07) is 3.58. The fourth-order valence-electron chi connectivity index (χ4n) is 1.49. The summed E-state index contributed by atoms with van der Waals surface area (Å²) in [7, 11) is 0. The van der Waals surface area contributed by atoms with E-state index >= 15 is 0 Å². The van der Waals surface area contributed by atoms with Gasteiger partial charge in [-0.3, -0.25) is 10.1 Å². The molecule has 2 aromatic rings. The van der Waals surface area contributed by atoms with Gasteiger partial charge in [0.15, 0.2) is 0 Å². The molecule has 98 valence electrons. The van der Waals surface area contributed by atoms with Crippen LogP contribution >= 0.6 is 11.3 Å². The topological polar surface area (TPSA) is 105 Å². The summed E-state index contributed by atoms with van der Waals surface area (Å²) in [6.45, 7) is 0.319. The van der Waals surface area contributed by atoms with E-state index in [0.717, 1.165) is 11.1 Å². The van der Waals surface area contributed by atoms with Crippen molar-refractivity contribution in [3.63, 3.8) is 0 Å². The number of hydrogen-bond donors (Lipinski definition) is 2. The maximum absolute atomic E-state index is 11.0. The number of benzene rings is 1. The van der Waals surface area contributed by atoms with Crippen LogP contribution in [-0.4, -0.2) is 21.0 Å². The van der Waals surface area contributed by atoms with Gasteiger partial charge >= 0.3 is 5.97 Å². The maximum Gasteiger partial charge on any atom is 0.337 e. The summed E-state index contributed by atoms with van der Waals surface area (Å²) in [5.74, 6) is -1.14. The first-order valence-corrected chi connectivity index (χ1v) is 6.10. The first kappa shape index (κ1) is 13.0. The van der Waals surface area contributed by atoms with Crippen molar-refractivity contribution in [3.8, 4) is 0 Å². The normalized spacial score (nSPS) is 10.1. The first-order chi connectivity index (χ1) is 9.08. The number of carboxylic acids is 1. The Morgan fingerprint density at radius 1 is 1.53 bits per heavy atom. The summed E-state index contributed by atoms with van der Waals surface area (Å²) in [4.78, 5) is 25.2. The van der Waals surface area contributed by atoms with Gasteiger partial charge in [-0.2, -0.15) is 0 Å². The number of nitrogens with zero attached hydrogens (tertiary/aromatic N) is 2. The average molecular weight is 279 g/mol. The predicted octanol–water partition coefficient (Wildman–Crippen LogP) is 2.36. The minimum Gasteiger partial charge on any atom is -0.478 e. The molecular weight excluding hydrogens is 270 g/mol. The number of carboxylic acid groups (broad SMARTS) is 1. The van der Waals surface area contributed by atoms with Gasteiger partial charge in [-0.25, -0.2) is 9.78 Å². The Morgan fingerprint density at radius 3 is 2.89 bits per heavy atom. The second-order valence-corrected chi connectivity index (χ2v) is 4.55. The van der Waals surface area contributed by atoms with Crippen LogP contribution in [0.15, 0.2) is 29.8 Å². The third-order valence-corrected chi connectivity index (χ3v) is 3.14. The van der Waals surface area contributed by atoms with Crippen molar-refractivity contribution in [2.45, 2.75) is 6.54 Å². The minimum absolute atomic E-state index is 0.0119. The number of aromatic carboxylic acids is 1. The van der Waals surface area contributed by atoms with E-state index in [1.165, 1.54) is 23.5 Å². The summed E-state index contributed by atoms with van der Waals surface area (Å²) < 4.78 is 0. The van der Waals surface area contributed by atoms with Gasteiger partial charge in [-0.05, 0) is 6.07 Å². The zero-order chi connectivity index (χ0) is 13.8. The Bertz CT molecular complexity index is 612. The van der Waals surface area contributed by atoms with E-state index in [9.17, 15) is 14.9 Å². The highest BCUT2D eigenvalue weighted by Gasteiger charge is 2.15. The summed E-state index contributed by atoms with van der Waals surface area (Å²) in [5, 5.41) is 25.1. The van der Waals surface area contributed by atoms with Crippen molar-refractivity contribution in [3.05, 3.63) is 50.5 Å². The molecule has 8 heteroatoms. The molecule has 0 fully saturated rings. The van der Waals surface area contributed by atoms with E-state index in [0.29, 0.717) is 6.54 Å². The van der Waals surface area contributed by atoms with Crippen LogP contribution in [0.5, 0.6) is 0 Å². The monoisotopic (exact) mass is 279 g/mol. The van der Waals surface area contributed by atoms with Crippen molar-refractivity contribution in [2.24, 2.45) is 0 Å². The lowest BCUT2D eigenvalue weighted by Gasteiger charge is -2.07. The lowest BCUT2D eigenvalue weighted by molar-refractivity contribution is -0.384. The van der Waals surface area contributed by atoms with Gasteiger partial charge in [0.2, 0.25) is 0 Å². The van der Waals surface area contributed by atoms with Crippen LogP contribution in [-0.2, 0) is 6.54 Å². The van der Waals surface area contributed by atoms with E-state index in [1.807, 2.05) is 0 Å². The fourth-order valence-corrected chi connectivity index (χ4v) is 2.05. The molecule has 7 nitrogen and oxygen atoms in total. The van der Waals surface area contributed by atoms with Crippen LogP contribution in [0.25, 0.3) is 0 Å². The van der Waals surface area contributed by atoms with E-state index in [1.54, 1.807) is 11.6 Å². The second-order valence-electron chi connectivity index (χ2n) is 3.57. The van der Waals surface area contributed by atoms with Crippen molar-refractivity contribution >= 4 is 28.7 Å². The smallest absolute Gasteiger partial charge is 0.337 e. The molecule has 0 saturated heterocycles. The molecule has 2 N–H and O–H groups in total. The molecular formula is C11H9N3O4S. The number of non-ortho nitro benzene ring substituents is 1. The van der Waals surface area contributed by atoms with Crippen molar-refractivity contribution in [2.75, 3.05) is 5.32 Å². The Labute approximate surface area is 111 Å². The van der Waals surface area contributed by atoms with Crippen molar-refractivity contribution in [1.29, 1.82) is 0 Å². The standard InChI is InChI=1S/C11H9N3O4S/c15-11(16)8-2-1-7(14(17)18)5-9(8)13-6-10-12-3-4-19-10/h1-5,13H,6H2,(H,15,16). The maximum atomic E-state index is 11.0. The number of nitro benzene ring substituents is 1. The third-order valence-electron chi connectivity index (χ3n) is 2.36. The molecule has 0 unspecified atom stereocenters. The number of rotatable bonds is 5. The molecule has 1 heterocycles. The zero-order valence-corrected chi connectivity index (χ0v) is 10.4. The molecule has 1 aromatic heterocycles. The van der Waals surface area contributed by atoms with Crippen molar-refractivity contribution < 1.29 is 14.8 Å². The highest BCUT2D eigenvalue weighted by Crippen LogP contribution is 2.23. The highest BCUT2D eigenvalue weighted by molar-refractivity contribution is 7.09. The Kier molecular flexibility index (Phi) is 3.71. The molecule has 0 saturated carbocycles. The van der Waals surface area contributed by atoms with E-state index in [4.69, 9.17) is 5.11 Å². The van der Waals surface area contributed by atoms with Gasteiger partial charge in [0.1, 0.15) is 5.01 Å². The zero-order valence-electron chi connectivity index (χ0n) is 9.57. The largest absolute Gasteiger partial charge is 0.478 e. The van der Waals surface area contributed by atoms with Gasteiger partial charge in [0, 0.05) is 23.7 Å². The molecule has 2 rings (SSSR count). The molecule has 0 radical (unpaired) electrons. The van der Waals surface area contributed by atoms with Gasteiger partial charge in [-0.1, -0.05) is 0 Å². The number of carbonyl (C=O) groups is 1. The number of nitrogens with one attached hydrogen (secondary N) is 1. The van der Waals surface area contributed by atoms with E-state index < -0.39 is 10.9 Å². The van der Waals surface area contributed by atoms with Crippen LogP contribution in [0, 0.1) is 10.1 Å². The highest BCUT2D eigenvalue weighted by atomic mass is 32.1. The Hall–Kier alpha value is -2.48. The van der Waals surface area contributed by atoms with E-state index in [-0.39, 0.29) is 16.9 Å². The molecule has 0 amide bonds. The molecule has 0 spiro atoms. The number of anilines is 1. The van der Waals surface area contributed by atoms with Crippen LogP contribution in [0.3, 0.4) is 0 Å². The molecule has 0 atom stereocenters. The lowest BCUT2D eigenvalue weighted by atomic mass is 10.1. The first-order valence-electron chi connectivity index (χ1n) is 5.22. The average Bonchev–Trinajstić information content (AvgIpc) is 2.88. The van der Waals surface area contributed by atoms with Gasteiger partial charge in [-0.15, -0.1) is 11.3 Å². The number of aromatic nitrogens is 1. The summed E-state index contributed by atoms with van der Waals surface area (Å²) in [5.41, 5.74) is 0.0331. The van der Waals surface area contributed by atoms with E-state index in [2.05, 4.69) is 10.3 Å². The SMILES string of the molecule is O=C(O)c1ccc([N+](=O)[O-])cc1NCc1nccs1. The number of nitro groups is 1. The molecule has 0 aliphatic rings. The fraction of sp³-hybridized carbons (Fsp3) is 0.0909. The molecule has 19 heavy (non-hydrogen) atoms. The van der Waals surface area contributed by atoms with Gasteiger partial charge in [0.25, 0.3) is 5.69 Å². The van der Waals surface area contributed by atoms with Crippen LogP contribution in [0.1, 0.15) is 15.4 Å². The Morgan fingerprint density at radius 2 is 2.32 bits per heavy atom. The lowest BCUT2D eigenvalue weighted by Crippen LogP contribution is -2.07. The Balaban J connectivity index is 2.27. The van der Waals surface area contributed by atoms with Crippen LogP contribution in [0.2, 0.25) is 0 Å². The summed E-state index contributed by atoms with van der Waals surface area (Å²) in [6.07, 6.45) is 1.63.